The first-order valence-electron chi connectivity index (χ1n) is 5.75. The summed E-state index contributed by atoms with van der Waals surface area (Å²) in [6.07, 6.45) is 2.76. The summed E-state index contributed by atoms with van der Waals surface area (Å²) in [6, 6.07) is -0.752. The van der Waals surface area contributed by atoms with Gasteiger partial charge in [-0.05, 0) is 25.7 Å². The molecule has 0 spiro atoms. The highest BCUT2D eigenvalue weighted by Crippen LogP contribution is 2.27. The first-order chi connectivity index (χ1) is 7.53. The van der Waals surface area contributed by atoms with Crippen molar-refractivity contribution in [1.82, 2.24) is 5.43 Å². The van der Waals surface area contributed by atoms with E-state index in [4.69, 9.17) is 5.84 Å². The molecule has 1 aliphatic carbocycles. The van der Waals surface area contributed by atoms with Crippen LogP contribution < -0.4 is 11.3 Å². The first-order valence-corrected chi connectivity index (χ1v) is 5.75. The summed E-state index contributed by atoms with van der Waals surface area (Å²) in [5.74, 6) is 5.21. The third-order valence-electron chi connectivity index (χ3n) is 2.91. The Morgan fingerprint density at radius 2 is 1.94 bits per heavy atom. The summed E-state index contributed by atoms with van der Waals surface area (Å²) in [4.78, 5) is 0. The molecule has 0 radical (unpaired) electrons. The van der Waals surface area contributed by atoms with Crippen LogP contribution in [0.15, 0.2) is 11.6 Å². The molecule has 1 atom stereocenters. The Kier molecular flexibility index (Phi) is 5.28. The van der Waals surface area contributed by atoms with Crippen molar-refractivity contribution in [2.45, 2.75) is 57.2 Å². The third-order valence-corrected chi connectivity index (χ3v) is 2.91. The molecule has 0 fully saturated rings. The van der Waals surface area contributed by atoms with E-state index in [0.29, 0.717) is 0 Å². The highest BCUT2D eigenvalue weighted by atomic mass is 19.4. The maximum absolute atomic E-state index is 12.3. The van der Waals surface area contributed by atoms with Gasteiger partial charge in [0.25, 0.3) is 0 Å². The number of allylic oxidation sites excluding steroid dienone is 1. The van der Waals surface area contributed by atoms with E-state index < -0.39 is 18.6 Å². The van der Waals surface area contributed by atoms with Crippen molar-refractivity contribution >= 4 is 0 Å². The Bertz CT molecular complexity index is 236. The molecule has 0 aliphatic heterocycles. The predicted octanol–water partition coefficient (Wildman–Crippen LogP) is 3.05. The lowest BCUT2D eigenvalue weighted by atomic mass is 9.93. The molecule has 0 aromatic rings. The quantitative estimate of drug-likeness (QED) is 0.449. The first kappa shape index (κ1) is 13.5. The molecule has 0 heterocycles. The number of halogens is 3. The van der Waals surface area contributed by atoms with Gasteiger partial charge < -0.3 is 0 Å². The Morgan fingerprint density at radius 1 is 1.25 bits per heavy atom. The van der Waals surface area contributed by atoms with Crippen molar-refractivity contribution < 1.29 is 13.2 Å². The minimum absolute atomic E-state index is 0.727. The van der Waals surface area contributed by atoms with Crippen molar-refractivity contribution in [1.29, 1.82) is 0 Å². The average Bonchev–Trinajstić information content (AvgIpc) is 2.12. The minimum atomic E-state index is -4.17. The van der Waals surface area contributed by atoms with Crippen LogP contribution in [-0.4, -0.2) is 12.2 Å². The number of hydrogen-bond donors (Lipinski definition) is 2. The number of nitrogens with two attached hydrogens (primary N) is 1. The van der Waals surface area contributed by atoms with Crippen molar-refractivity contribution in [3.63, 3.8) is 0 Å². The topological polar surface area (TPSA) is 38.0 Å². The fourth-order valence-corrected chi connectivity index (χ4v) is 2.06. The molecule has 2 nitrogen and oxygen atoms in total. The van der Waals surface area contributed by atoms with Crippen molar-refractivity contribution in [2.24, 2.45) is 5.84 Å². The summed E-state index contributed by atoms with van der Waals surface area (Å²) in [5, 5.41) is 0. The number of nitrogens with one attached hydrogen (secondary N) is 1. The molecule has 94 valence electrons. The van der Waals surface area contributed by atoms with Crippen LogP contribution in [0, 0.1) is 0 Å². The lowest BCUT2D eigenvalue weighted by Crippen LogP contribution is -2.40. The molecule has 0 aromatic carbocycles. The van der Waals surface area contributed by atoms with Gasteiger partial charge in [-0.15, -0.1) is 0 Å². The van der Waals surface area contributed by atoms with Crippen LogP contribution in [0.1, 0.15) is 44.9 Å². The van der Waals surface area contributed by atoms with E-state index in [0.717, 1.165) is 37.7 Å². The van der Waals surface area contributed by atoms with E-state index in [9.17, 15) is 13.2 Å². The molecule has 3 N–H and O–H groups in total. The minimum Gasteiger partial charge on any atom is -0.271 e. The highest BCUT2D eigenvalue weighted by molar-refractivity contribution is 5.11. The van der Waals surface area contributed by atoms with Crippen LogP contribution in [0.4, 0.5) is 13.2 Å². The number of hydrogen-bond acceptors (Lipinski definition) is 2. The zero-order chi connectivity index (χ0) is 12.0. The van der Waals surface area contributed by atoms with E-state index in [1.807, 2.05) is 6.08 Å². The SMILES string of the molecule is NNC(CC(F)(F)F)C1=CCCCCCC1. The van der Waals surface area contributed by atoms with Crippen LogP contribution in [0.5, 0.6) is 0 Å². The summed E-state index contributed by atoms with van der Waals surface area (Å²) in [6.45, 7) is 0. The Labute approximate surface area is 94.0 Å². The van der Waals surface area contributed by atoms with Crippen LogP contribution in [0.2, 0.25) is 0 Å². The molecule has 0 bridgehead atoms. The lowest BCUT2D eigenvalue weighted by Gasteiger charge is -2.22. The maximum Gasteiger partial charge on any atom is 0.390 e. The Balaban J connectivity index is 2.62. The maximum atomic E-state index is 12.3. The molecule has 1 rings (SSSR count). The second kappa shape index (κ2) is 6.25. The zero-order valence-electron chi connectivity index (χ0n) is 9.32. The van der Waals surface area contributed by atoms with Gasteiger partial charge in [0.2, 0.25) is 0 Å². The smallest absolute Gasteiger partial charge is 0.271 e. The summed E-state index contributed by atoms with van der Waals surface area (Å²) in [7, 11) is 0. The van der Waals surface area contributed by atoms with E-state index in [1.165, 1.54) is 6.42 Å². The van der Waals surface area contributed by atoms with Crippen molar-refractivity contribution in [3.8, 4) is 0 Å². The van der Waals surface area contributed by atoms with Crippen LogP contribution in [0.25, 0.3) is 0 Å². The van der Waals surface area contributed by atoms with E-state index >= 15 is 0 Å². The Morgan fingerprint density at radius 3 is 2.56 bits per heavy atom. The Hall–Kier alpha value is -0.550. The van der Waals surface area contributed by atoms with Crippen LogP contribution in [-0.2, 0) is 0 Å². The molecular formula is C11H19F3N2. The second-order valence-electron chi connectivity index (χ2n) is 4.27. The average molecular weight is 236 g/mol. The van der Waals surface area contributed by atoms with Crippen molar-refractivity contribution in [3.05, 3.63) is 11.6 Å². The van der Waals surface area contributed by atoms with Gasteiger partial charge in [0, 0.05) is 0 Å². The van der Waals surface area contributed by atoms with E-state index in [1.54, 1.807) is 0 Å². The standard InChI is InChI=1S/C11H19F3N2/c12-11(13,14)8-10(16-15)9-6-4-2-1-3-5-7-9/h6,10,16H,1-5,7-8,15H2. The largest absolute Gasteiger partial charge is 0.390 e. The van der Waals surface area contributed by atoms with Crippen LogP contribution in [0.3, 0.4) is 0 Å². The summed E-state index contributed by atoms with van der Waals surface area (Å²) < 4.78 is 36.9. The normalized spacial score (nSPS) is 20.9. The lowest BCUT2D eigenvalue weighted by molar-refractivity contribution is -0.138. The zero-order valence-corrected chi connectivity index (χ0v) is 9.32. The number of rotatable bonds is 3. The van der Waals surface area contributed by atoms with Gasteiger partial charge in [-0.3, -0.25) is 11.3 Å². The molecular weight excluding hydrogens is 217 g/mol. The predicted molar refractivity (Wildman–Crippen MR) is 57.6 cm³/mol. The van der Waals surface area contributed by atoms with E-state index in [-0.39, 0.29) is 0 Å². The van der Waals surface area contributed by atoms with Gasteiger partial charge in [0.15, 0.2) is 0 Å². The molecule has 5 heteroatoms. The molecule has 0 aromatic heterocycles. The molecule has 1 aliphatic rings. The monoisotopic (exact) mass is 236 g/mol. The highest BCUT2D eigenvalue weighted by Gasteiger charge is 2.32. The fourth-order valence-electron chi connectivity index (χ4n) is 2.06. The van der Waals surface area contributed by atoms with Gasteiger partial charge >= 0.3 is 6.18 Å². The van der Waals surface area contributed by atoms with Gasteiger partial charge in [-0.25, -0.2) is 0 Å². The fraction of sp³-hybridized carbons (Fsp3) is 0.818. The van der Waals surface area contributed by atoms with Crippen LogP contribution >= 0.6 is 0 Å². The summed E-state index contributed by atoms with van der Waals surface area (Å²) in [5.41, 5.74) is 3.11. The van der Waals surface area contributed by atoms with Crippen molar-refractivity contribution in [2.75, 3.05) is 0 Å². The molecule has 0 saturated heterocycles. The number of hydrazine groups is 1. The van der Waals surface area contributed by atoms with Gasteiger partial charge in [0.05, 0.1) is 12.5 Å². The second-order valence-corrected chi connectivity index (χ2v) is 4.27. The number of alkyl halides is 3. The van der Waals surface area contributed by atoms with Gasteiger partial charge in [-0.1, -0.05) is 24.5 Å². The molecule has 1 unspecified atom stereocenters. The molecule has 16 heavy (non-hydrogen) atoms. The van der Waals surface area contributed by atoms with E-state index in [2.05, 4.69) is 5.43 Å². The van der Waals surface area contributed by atoms with Gasteiger partial charge in [0.1, 0.15) is 0 Å². The van der Waals surface area contributed by atoms with Gasteiger partial charge in [-0.2, -0.15) is 13.2 Å². The third kappa shape index (κ3) is 4.99. The summed E-state index contributed by atoms with van der Waals surface area (Å²) >= 11 is 0. The molecule has 0 amide bonds. The molecule has 0 saturated carbocycles.